The predicted molar refractivity (Wildman–Crippen MR) is 91.9 cm³/mol. The van der Waals surface area contributed by atoms with Crippen LogP contribution in [0.1, 0.15) is 23.2 Å². The van der Waals surface area contributed by atoms with Crippen LogP contribution in [0.4, 0.5) is 5.69 Å². The summed E-state index contributed by atoms with van der Waals surface area (Å²) in [6, 6.07) is 7.32. The van der Waals surface area contributed by atoms with Gasteiger partial charge in [-0.25, -0.2) is 0 Å². The van der Waals surface area contributed by atoms with E-state index in [1.807, 2.05) is 0 Å². The molecular formula is C17H16ClN3O4. The number of rotatable bonds is 4. The third-order valence-electron chi connectivity index (χ3n) is 4.02. The number of non-ortho nitro benzene ring substituents is 1. The van der Waals surface area contributed by atoms with Gasteiger partial charge >= 0.3 is 0 Å². The minimum absolute atomic E-state index is 0.0382. The summed E-state index contributed by atoms with van der Waals surface area (Å²) in [6.07, 6.45) is 4.59. The van der Waals surface area contributed by atoms with Crippen molar-refractivity contribution in [1.29, 1.82) is 0 Å². The highest BCUT2D eigenvalue weighted by molar-refractivity contribution is 6.31. The zero-order valence-electron chi connectivity index (χ0n) is 13.3. The number of hydrogen-bond acceptors (Lipinski definition) is 5. The van der Waals surface area contributed by atoms with Gasteiger partial charge in [0, 0.05) is 42.7 Å². The van der Waals surface area contributed by atoms with Crippen molar-refractivity contribution in [3.63, 3.8) is 0 Å². The normalized spacial score (nSPS) is 17.2. The molecule has 1 atom stereocenters. The fourth-order valence-electron chi connectivity index (χ4n) is 2.76. The molecule has 1 fully saturated rings. The Bertz CT molecular complexity index is 782. The number of likely N-dealkylation sites (tertiary alicyclic amines) is 1. The number of carbonyl (C=O) groups is 1. The maximum absolute atomic E-state index is 12.6. The number of nitro benzene ring substituents is 1. The fraction of sp³-hybridized carbons (Fsp3) is 0.294. The molecule has 0 spiro atoms. The lowest BCUT2D eigenvalue weighted by Crippen LogP contribution is -2.44. The van der Waals surface area contributed by atoms with Gasteiger partial charge in [0.15, 0.2) is 0 Å². The number of nitro groups is 1. The number of benzene rings is 1. The van der Waals surface area contributed by atoms with E-state index in [0.717, 1.165) is 12.8 Å². The molecule has 1 aromatic heterocycles. The Balaban J connectivity index is 1.67. The number of aromatic nitrogens is 1. The van der Waals surface area contributed by atoms with Crippen molar-refractivity contribution < 1.29 is 14.5 Å². The van der Waals surface area contributed by atoms with Crippen LogP contribution in [-0.2, 0) is 0 Å². The summed E-state index contributed by atoms with van der Waals surface area (Å²) in [4.78, 5) is 28.4. The first-order valence-corrected chi connectivity index (χ1v) is 8.22. The molecule has 0 aliphatic carbocycles. The van der Waals surface area contributed by atoms with Crippen LogP contribution < -0.4 is 4.74 Å². The van der Waals surface area contributed by atoms with Gasteiger partial charge in [0.05, 0.1) is 11.5 Å². The van der Waals surface area contributed by atoms with Crippen molar-refractivity contribution in [3.8, 4) is 5.75 Å². The van der Waals surface area contributed by atoms with Crippen LogP contribution in [0.3, 0.4) is 0 Å². The number of ether oxygens (including phenoxy) is 1. The number of pyridine rings is 1. The van der Waals surface area contributed by atoms with Crippen molar-refractivity contribution in [2.75, 3.05) is 13.1 Å². The monoisotopic (exact) mass is 361 g/mol. The highest BCUT2D eigenvalue weighted by Gasteiger charge is 2.26. The standard InChI is InChI=1S/C17H16ClN3O4/c18-15-10-19-8-7-16(15)25-14-2-1-9-20(11-14)17(22)12-3-5-13(6-4-12)21(23)24/h3-8,10,14H,1-2,9,11H2. The van der Waals surface area contributed by atoms with Crippen LogP contribution >= 0.6 is 11.6 Å². The lowest BCUT2D eigenvalue weighted by Gasteiger charge is -2.33. The SMILES string of the molecule is O=C(c1ccc([N+](=O)[O-])cc1)N1CCCC(Oc2ccncc2Cl)C1. The molecule has 25 heavy (non-hydrogen) atoms. The van der Waals surface area contributed by atoms with Crippen molar-refractivity contribution >= 4 is 23.2 Å². The van der Waals surface area contributed by atoms with Gasteiger partial charge in [-0.3, -0.25) is 19.9 Å². The minimum atomic E-state index is -0.489. The quantitative estimate of drug-likeness (QED) is 0.616. The van der Waals surface area contributed by atoms with Gasteiger partial charge in [-0.1, -0.05) is 11.6 Å². The molecule has 1 aliphatic heterocycles. The van der Waals surface area contributed by atoms with Gasteiger partial charge in [-0.15, -0.1) is 0 Å². The molecule has 2 heterocycles. The Morgan fingerprint density at radius 2 is 2.08 bits per heavy atom. The summed E-state index contributed by atoms with van der Waals surface area (Å²) in [5.41, 5.74) is 0.386. The molecule has 130 valence electrons. The molecule has 1 amide bonds. The van der Waals surface area contributed by atoms with E-state index in [4.69, 9.17) is 16.3 Å². The average molecular weight is 362 g/mol. The molecule has 0 N–H and O–H groups in total. The van der Waals surface area contributed by atoms with E-state index in [2.05, 4.69) is 4.98 Å². The molecule has 0 bridgehead atoms. The molecule has 8 heteroatoms. The van der Waals surface area contributed by atoms with Crippen LogP contribution in [0.15, 0.2) is 42.7 Å². The maximum atomic E-state index is 12.6. The smallest absolute Gasteiger partial charge is 0.269 e. The van der Waals surface area contributed by atoms with Gasteiger partial charge in [0.25, 0.3) is 11.6 Å². The molecule has 1 aliphatic rings. The second-order valence-corrected chi connectivity index (χ2v) is 6.15. The van der Waals surface area contributed by atoms with Gasteiger partial charge in [-0.2, -0.15) is 0 Å². The zero-order valence-corrected chi connectivity index (χ0v) is 14.1. The van der Waals surface area contributed by atoms with E-state index >= 15 is 0 Å². The van der Waals surface area contributed by atoms with Crippen molar-refractivity contribution in [1.82, 2.24) is 9.88 Å². The molecule has 3 rings (SSSR count). The summed E-state index contributed by atoms with van der Waals surface area (Å²) in [5, 5.41) is 11.1. The number of piperidine rings is 1. The first-order valence-electron chi connectivity index (χ1n) is 7.84. The number of nitrogens with zero attached hydrogens (tertiary/aromatic N) is 3. The van der Waals surface area contributed by atoms with E-state index in [1.165, 1.54) is 30.5 Å². The largest absolute Gasteiger partial charge is 0.487 e. The van der Waals surface area contributed by atoms with Crippen LogP contribution in [0.2, 0.25) is 5.02 Å². The summed E-state index contributed by atoms with van der Waals surface area (Å²) in [5.74, 6) is 0.385. The third kappa shape index (κ3) is 4.06. The van der Waals surface area contributed by atoms with Crippen LogP contribution in [-0.4, -0.2) is 39.9 Å². The van der Waals surface area contributed by atoms with Crippen molar-refractivity contribution in [3.05, 3.63) is 63.4 Å². The number of carbonyl (C=O) groups excluding carboxylic acids is 1. The Morgan fingerprint density at radius 3 is 2.76 bits per heavy atom. The Labute approximate surface area is 149 Å². The number of hydrogen-bond donors (Lipinski definition) is 0. The van der Waals surface area contributed by atoms with Crippen molar-refractivity contribution in [2.45, 2.75) is 18.9 Å². The molecule has 0 saturated carbocycles. The van der Waals surface area contributed by atoms with Gasteiger partial charge in [0.2, 0.25) is 0 Å². The van der Waals surface area contributed by atoms with Gasteiger partial charge in [0.1, 0.15) is 16.9 Å². The Kier molecular flexibility index (Phi) is 5.14. The average Bonchev–Trinajstić information content (AvgIpc) is 2.63. The zero-order chi connectivity index (χ0) is 17.8. The van der Waals surface area contributed by atoms with E-state index < -0.39 is 4.92 Å². The summed E-state index contributed by atoms with van der Waals surface area (Å²) < 4.78 is 5.90. The highest BCUT2D eigenvalue weighted by Crippen LogP contribution is 2.26. The minimum Gasteiger partial charge on any atom is -0.487 e. The number of halogens is 1. The number of amides is 1. The first-order chi connectivity index (χ1) is 12.0. The van der Waals surface area contributed by atoms with E-state index in [1.54, 1.807) is 17.2 Å². The van der Waals surface area contributed by atoms with E-state index in [0.29, 0.717) is 29.4 Å². The molecule has 1 unspecified atom stereocenters. The van der Waals surface area contributed by atoms with Crippen LogP contribution in [0.5, 0.6) is 5.75 Å². The lowest BCUT2D eigenvalue weighted by atomic mass is 10.1. The molecule has 7 nitrogen and oxygen atoms in total. The Morgan fingerprint density at radius 1 is 1.32 bits per heavy atom. The Hall–Kier alpha value is -2.67. The van der Waals surface area contributed by atoms with Gasteiger partial charge < -0.3 is 9.64 Å². The maximum Gasteiger partial charge on any atom is 0.269 e. The molecule has 1 saturated heterocycles. The summed E-state index contributed by atoms with van der Waals surface area (Å²) >= 11 is 6.06. The van der Waals surface area contributed by atoms with Crippen LogP contribution in [0, 0.1) is 10.1 Å². The first kappa shape index (κ1) is 17.2. The van der Waals surface area contributed by atoms with E-state index in [9.17, 15) is 14.9 Å². The second-order valence-electron chi connectivity index (χ2n) is 5.74. The molecule has 0 radical (unpaired) electrons. The lowest BCUT2D eigenvalue weighted by molar-refractivity contribution is -0.384. The molecule has 2 aromatic rings. The van der Waals surface area contributed by atoms with E-state index in [-0.39, 0.29) is 17.7 Å². The van der Waals surface area contributed by atoms with Gasteiger partial charge in [-0.05, 0) is 25.0 Å². The summed E-state index contributed by atoms with van der Waals surface area (Å²) in [7, 11) is 0. The second kappa shape index (κ2) is 7.48. The summed E-state index contributed by atoms with van der Waals surface area (Å²) in [6.45, 7) is 1.06. The van der Waals surface area contributed by atoms with Crippen molar-refractivity contribution in [2.24, 2.45) is 0 Å². The third-order valence-corrected chi connectivity index (χ3v) is 4.30. The highest BCUT2D eigenvalue weighted by atomic mass is 35.5. The topological polar surface area (TPSA) is 85.6 Å². The molecule has 1 aromatic carbocycles. The predicted octanol–water partition coefficient (Wildman–Crippen LogP) is 3.33. The van der Waals surface area contributed by atoms with Crippen LogP contribution in [0.25, 0.3) is 0 Å². The molecular weight excluding hydrogens is 346 g/mol. The fourth-order valence-corrected chi connectivity index (χ4v) is 2.93.